The number of carbonyl (C=O) groups excluding carboxylic acids is 1. The zero-order valence-corrected chi connectivity index (χ0v) is 13.8. The summed E-state index contributed by atoms with van der Waals surface area (Å²) in [7, 11) is 0. The second-order valence-corrected chi connectivity index (χ2v) is 6.31. The molecule has 24 heavy (non-hydrogen) atoms. The van der Waals surface area contributed by atoms with Crippen molar-refractivity contribution >= 4 is 17.3 Å². The summed E-state index contributed by atoms with van der Waals surface area (Å²) in [5.74, 6) is 0.801. The van der Waals surface area contributed by atoms with Gasteiger partial charge in [-0.1, -0.05) is 11.2 Å². The highest BCUT2D eigenvalue weighted by molar-refractivity contribution is 5.97. The summed E-state index contributed by atoms with van der Waals surface area (Å²) >= 11 is 0. The van der Waals surface area contributed by atoms with Crippen molar-refractivity contribution in [3.63, 3.8) is 0 Å². The molecule has 2 aromatic rings. The number of rotatable bonds is 3. The first-order chi connectivity index (χ1) is 11.7. The van der Waals surface area contributed by atoms with Crippen LogP contribution in [0.3, 0.4) is 0 Å². The zero-order chi connectivity index (χ0) is 16.5. The van der Waals surface area contributed by atoms with Crippen LogP contribution in [0.15, 0.2) is 28.8 Å². The van der Waals surface area contributed by atoms with Crippen LogP contribution in [0.1, 0.15) is 17.0 Å². The van der Waals surface area contributed by atoms with Crippen LogP contribution in [-0.4, -0.2) is 43.9 Å². The molecule has 2 aliphatic rings. The number of amides is 1. The van der Waals surface area contributed by atoms with Crippen molar-refractivity contribution in [1.29, 1.82) is 0 Å². The van der Waals surface area contributed by atoms with E-state index >= 15 is 0 Å². The Labute approximate surface area is 141 Å². The van der Waals surface area contributed by atoms with Gasteiger partial charge in [0.1, 0.15) is 5.76 Å². The summed E-state index contributed by atoms with van der Waals surface area (Å²) in [6, 6.07) is 8.26. The molecule has 4 rings (SSSR count). The quantitative estimate of drug-likeness (QED) is 0.862. The highest BCUT2D eigenvalue weighted by atomic mass is 16.5. The first-order valence-corrected chi connectivity index (χ1v) is 8.39. The van der Waals surface area contributed by atoms with E-state index in [9.17, 15) is 4.79 Å². The third-order valence-corrected chi connectivity index (χ3v) is 4.65. The third-order valence-electron chi connectivity index (χ3n) is 4.65. The maximum absolute atomic E-state index is 12.7. The largest absolute Gasteiger partial charge is 0.378 e. The first kappa shape index (κ1) is 15.2. The average molecular weight is 327 g/mol. The van der Waals surface area contributed by atoms with E-state index in [4.69, 9.17) is 9.26 Å². The molecule has 1 fully saturated rings. The maximum atomic E-state index is 12.7. The monoisotopic (exact) mass is 327 g/mol. The molecular weight excluding hydrogens is 306 g/mol. The number of fused-ring (bicyclic) bond motifs is 1. The van der Waals surface area contributed by atoms with Gasteiger partial charge in [0.25, 0.3) is 0 Å². The molecule has 0 unspecified atom stereocenters. The van der Waals surface area contributed by atoms with E-state index in [0.717, 1.165) is 56.4 Å². The Balaban J connectivity index is 1.54. The van der Waals surface area contributed by atoms with Gasteiger partial charge in [0.15, 0.2) is 0 Å². The lowest BCUT2D eigenvalue weighted by Crippen LogP contribution is -2.36. The lowest BCUT2D eigenvalue weighted by molar-refractivity contribution is -0.118. The Bertz CT molecular complexity index is 750. The topological polar surface area (TPSA) is 58.8 Å². The Hall–Kier alpha value is -2.34. The molecule has 1 aromatic carbocycles. The number of morpholine rings is 1. The molecule has 6 heteroatoms. The maximum Gasteiger partial charge on any atom is 0.233 e. The number of hydrogen-bond donors (Lipinski definition) is 0. The van der Waals surface area contributed by atoms with E-state index in [-0.39, 0.29) is 12.3 Å². The molecule has 0 radical (unpaired) electrons. The zero-order valence-electron chi connectivity index (χ0n) is 13.8. The summed E-state index contributed by atoms with van der Waals surface area (Å²) in [6.07, 6.45) is 1.18. The molecule has 126 valence electrons. The Morgan fingerprint density at radius 3 is 2.79 bits per heavy atom. The summed E-state index contributed by atoms with van der Waals surface area (Å²) in [5.41, 5.74) is 4.12. The molecule has 1 aromatic heterocycles. The number of aromatic nitrogens is 1. The minimum atomic E-state index is 0.0705. The van der Waals surface area contributed by atoms with Crippen molar-refractivity contribution in [2.45, 2.75) is 19.8 Å². The van der Waals surface area contributed by atoms with E-state index in [0.29, 0.717) is 5.69 Å². The van der Waals surface area contributed by atoms with E-state index < -0.39 is 0 Å². The Kier molecular flexibility index (Phi) is 3.98. The molecule has 1 saturated heterocycles. The van der Waals surface area contributed by atoms with Gasteiger partial charge in [-0.3, -0.25) is 4.79 Å². The van der Waals surface area contributed by atoms with Gasteiger partial charge < -0.3 is 19.1 Å². The molecule has 0 spiro atoms. The van der Waals surface area contributed by atoms with Crippen molar-refractivity contribution in [3.8, 4) is 0 Å². The Morgan fingerprint density at radius 1 is 1.21 bits per heavy atom. The standard InChI is InChI=1S/C18H21N3O3/c1-13-10-15(19-24-13)11-18(22)21-5-4-14-2-3-16(12-17(14)21)20-6-8-23-9-7-20/h2-3,10,12H,4-9,11H2,1H3. The lowest BCUT2D eigenvalue weighted by atomic mass is 10.1. The van der Waals surface area contributed by atoms with Crippen LogP contribution >= 0.6 is 0 Å². The summed E-state index contributed by atoms with van der Waals surface area (Å²) in [4.78, 5) is 16.9. The Morgan fingerprint density at radius 2 is 2.04 bits per heavy atom. The molecule has 0 atom stereocenters. The molecule has 0 N–H and O–H groups in total. The minimum absolute atomic E-state index is 0.0705. The SMILES string of the molecule is Cc1cc(CC(=O)N2CCc3ccc(N4CCOCC4)cc32)no1. The van der Waals surface area contributed by atoms with Gasteiger partial charge in [0, 0.05) is 37.1 Å². The fraction of sp³-hybridized carbons (Fsp3) is 0.444. The number of nitrogens with zero attached hydrogens (tertiary/aromatic N) is 3. The van der Waals surface area contributed by atoms with Crippen LogP contribution < -0.4 is 9.80 Å². The minimum Gasteiger partial charge on any atom is -0.378 e. The van der Waals surface area contributed by atoms with Gasteiger partial charge in [0.2, 0.25) is 5.91 Å². The summed E-state index contributed by atoms with van der Waals surface area (Å²) < 4.78 is 10.5. The van der Waals surface area contributed by atoms with Crippen LogP contribution in [-0.2, 0) is 22.4 Å². The van der Waals surface area contributed by atoms with Gasteiger partial charge >= 0.3 is 0 Å². The van der Waals surface area contributed by atoms with Crippen molar-refractivity contribution < 1.29 is 14.1 Å². The first-order valence-electron chi connectivity index (χ1n) is 8.39. The fourth-order valence-electron chi connectivity index (χ4n) is 3.40. The second-order valence-electron chi connectivity index (χ2n) is 6.31. The van der Waals surface area contributed by atoms with E-state index in [1.807, 2.05) is 17.9 Å². The van der Waals surface area contributed by atoms with Gasteiger partial charge in [-0.15, -0.1) is 0 Å². The molecule has 0 saturated carbocycles. The predicted molar refractivity (Wildman–Crippen MR) is 90.5 cm³/mol. The molecule has 6 nitrogen and oxygen atoms in total. The van der Waals surface area contributed by atoms with E-state index in [1.54, 1.807) is 0 Å². The van der Waals surface area contributed by atoms with Crippen molar-refractivity contribution in [2.75, 3.05) is 42.6 Å². The molecular formula is C18H21N3O3. The smallest absolute Gasteiger partial charge is 0.233 e. The number of anilines is 2. The van der Waals surface area contributed by atoms with Crippen LogP contribution in [0.25, 0.3) is 0 Å². The molecule has 0 aliphatic carbocycles. The molecule has 0 bridgehead atoms. The van der Waals surface area contributed by atoms with Crippen LogP contribution in [0.5, 0.6) is 0 Å². The van der Waals surface area contributed by atoms with Crippen LogP contribution in [0.2, 0.25) is 0 Å². The number of aryl methyl sites for hydroxylation is 1. The number of hydrogen-bond acceptors (Lipinski definition) is 5. The third kappa shape index (κ3) is 2.89. The van der Waals surface area contributed by atoms with Gasteiger partial charge in [-0.05, 0) is 31.0 Å². The molecule has 1 amide bonds. The second kappa shape index (κ2) is 6.28. The number of ether oxygens (including phenoxy) is 1. The van der Waals surface area contributed by atoms with Crippen molar-refractivity contribution in [3.05, 3.63) is 41.3 Å². The van der Waals surface area contributed by atoms with E-state index in [2.05, 4.69) is 28.3 Å². The average Bonchev–Trinajstić information content (AvgIpc) is 3.21. The summed E-state index contributed by atoms with van der Waals surface area (Å²) in [5, 5.41) is 3.93. The van der Waals surface area contributed by atoms with Crippen molar-refractivity contribution in [1.82, 2.24) is 5.16 Å². The van der Waals surface area contributed by atoms with E-state index in [1.165, 1.54) is 5.56 Å². The van der Waals surface area contributed by atoms with Gasteiger partial charge in [-0.25, -0.2) is 0 Å². The highest BCUT2D eigenvalue weighted by Crippen LogP contribution is 2.33. The van der Waals surface area contributed by atoms with Gasteiger partial charge in [0.05, 0.1) is 25.3 Å². The molecule has 3 heterocycles. The normalized spacial score (nSPS) is 17.2. The van der Waals surface area contributed by atoms with Crippen LogP contribution in [0, 0.1) is 6.92 Å². The fourth-order valence-corrected chi connectivity index (χ4v) is 3.40. The predicted octanol–water partition coefficient (Wildman–Crippen LogP) is 1.95. The lowest BCUT2D eigenvalue weighted by Gasteiger charge is -2.29. The van der Waals surface area contributed by atoms with Gasteiger partial charge in [-0.2, -0.15) is 0 Å². The summed E-state index contributed by atoms with van der Waals surface area (Å²) in [6.45, 7) is 5.87. The number of benzene rings is 1. The van der Waals surface area contributed by atoms with Crippen LogP contribution in [0.4, 0.5) is 11.4 Å². The number of carbonyl (C=O) groups is 1. The highest BCUT2D eigenvalue weighted by Gasteiger charge is 2.26. The van der Waals surface area contributed by atoms with Crippen molar-refractivity contribution in [2.24, 2.45) is 0 Å². The molecule has 2 aliphatic heterocycles.